The van der Waals surface area contributed by atoms with Crippen LogP contribution in [0.2, 0.25) is 0 Å². The van der Waals surface area contributed by atoms with Gasteiger partial charge in [0, 0.05) is 10.5 Å². The van der Waals surface area contributed by atoms with Crippen molar-refractivity contribution in [1.82, 2.24) is 5.32 Å². The Hall–Kier alpha value is -0.390. The largest absolute Gasteiger partial charge is 0.315 e. The maximum Gasteiger partial charge on any atom is 0.178 e. The molecule has 0 aliphatic carbocycles. The van der Waals surface area contributed by atoms with Crippen molar-refractivity contribution in [3.05, 3.63) is 28.7 Å². The van der Waals surface area contributed by atoms with Crippen molar-refractivity contribution in [2.75, 3.05) is 12.3 Å². The van der Waals surface area contributed by atoms with Crippen molar-refractivity contribution < 1.29 is 8.42 Å². The van der Waals surface area contributed by atoms with Gasteiger partial charge in [-0.3, -0.25) is 0 Å². The van der Waals surface area contributed by atoms with E-state index in [-0.39, 0.29) is 5.75 Å². The second kappa shape index (κ2) is 7.26. The second-order valence-electron chi connectivity index (χ2n) is 4.59. The van der Waals surface area contributed by atoms with E-state index in [1.165, 1.54) is 0 Å². The first-order valence-corrected chi connectivity index (χ1v) is 8.58. The van der Waals surface area contributed by atoms with Gasteiger partial charge in [-0.05, 0) is 43.7 Å². The lowest BCUT2D eigenvalue weighted by Gasteiger charge is -2.08. The van der Waals surface area contributed by atoms with E-state index < -0.39 is 9.84 Å². The van der Waals surface area contributed by atoms with Gasteiger partial charge < -0.3 is 5.32 Å². The number of halogens is 1. The van der Waals surface area contributed by atoms with Crippen LogP contribution in [0.5, 0.6) is 0 Å². The number of unbranched alkanes of at least 4 members (excludes halogenated alkanes) is 1. The first kappa shape index (κ1) is 15.7. The predicted molar refractivity (Wildman–Crippen MR) is 78.6 cm³/mol. The highest BCUT2D eigenvalue weighted by Gasteiger charge is 2.13. The molecule has 0 fully saturated rings. The van der Waals surface area contributed by atoms with E-state index in [1.807, 2.05) is 0 Å². The van der Waals surface area contributed by atoms with Crippen molar-refractivity contribution in [1.29, 1.82) is 0 Å². The Kier molecular flexibility index (Phi) is 6.32. The van der Waals surface area contributed by atoms with E-state index in [4.69, 9.17) is 0 Å². The summed E-state index contributed by atoms with van der Waals surface area (Å²) in [5, 5.41) is 3.28. The van der Waals surface area contributed by atoms with E-state index >= 15 is 0 Å². The Morgan fingerprint density at radius 3 is 2.33 bits per heavy atom. The van der Waals surface area contributed by atoms with E-state index in [0.29, 0.717) is 17.4 Å². The minimum absolute atomic E-state index is 0.217. The Morgan fingerprint density at radius 1 is 1.17 bits per heavy atom. The maximum absolute atomic E-state index is 12.0. The molecule has 5 heteroatoms. The van der Waals surface area contributed by atoms with Gasteiger partial charge >= 0.3 is 0 Å². The van der Waals surface area contributed by atoms with Crippen LogP contribution in [-0.4, -0.2) is 26.8 Å². The van der Waals surface area contributed by atoms with Gasteiger partial charge in [0.25, 0.3) is 0 Å². The van der Waals surface area contributed by atoms with Crippen LogP contribution in [0.15, 0.2) is 33.6 Å². The number of rotatable bonds is 7. The fourth-order valence-corrected chi connectivity index (χ4v) is 3.20. The van der Waals surface area contributed by atoms with Gasteiger partial charge in [-0.15, -0.1) is 0 Å². The molecule has 0 unspecified atom stereocenters. The van der Waals surface area contributed by atoms with Crippen LogP contribution in [0, 0.1) is 0 Å². The van der Waals surface area contributed by atoms with Gasteiger partial charge in [0.1, 0.15) is 0 Å². The van der Waals surface area contributed by atoms with Gasteiger partial charge in [-0.2, -0.15) is 0 Å². The van der Waals surface area contributed by atoms with Crippen molar-refractivity contribution in [3.8, 4) is 0 Å². The van der Waals surface area contributed by atoms with Crippen molar-refractivity contribution >= 4 is 25.8 Å². The van der Waals surface area contributed by atoms with E-state index in [9.17, 15) is 8.42 Å². The molecule has 0 saturated carbocycles. The monoisotopic (exact) mass is 333 g/mol. The summed E-state index contributed by atoms with van der Waals surface area (Å²) in [7, 11) is -3.13. The molecule has 1 aromatic carbocycles. The molecular formula is C13H20BrNO2S. The molecule has 102 valence electrons. The van der Waals surface area contributed by atoms with Crippen LogP contribution in [-0.2, 0) is 9.84 Å². The summed E-state index contributed by atoms with van der Waals surface area (Å²) < 4.78 is 24.9. The third-order valence-corrected chi connectivity index (χ3v) is 4.91. The Bertz CT molecular complexity index is 454. The van der Waals surface area contributed by atoms with Gasteiger partial charge in [-0.1, -0.05) is 29.8 Å². The number of hydrogen-bond acceptors (Lipinski definition) is 3. The van der Waals surface area contributed by atoms with Crippen LogP contribution in [0.4, 0.5) is 0 Å². The number of sulfone groups is 1. The minimum Gasteiger partial charge on any atom is -0.315 e. The lowest BCUT2D eigenvalue weighted by atomic mass is 10.3. The van der Waals surface area contributed by atoms with Crippen LogP contribution >= 0.6 is 15.9 Å². The molecule has 0 amide bonds. The van der Waals surface area contributed by atoms with E-state index in [2.05, 4.69) is 35.1 Å². The molecule has 1 aromatic rings. The summed E-state index contributed by atoms with van der Waals surface area (Å²) in [6.07, 6.45) is 1.58. The topological polar surface area (TPSA) is 46.2 Å². The summed E-state index contributed by atoms with van der Waals surface area (Å²) in [6, 6.07) is 7.26. The predicted octanol–water partition coefficient (Wildman–Crippen LogP) is 3.00. The quantitative estimate of drug-likeness (QED) is 0.780. The van der Waals surface area contributed by atoms with Crippen LogP contribution in [0.3, 0.4) is 0 Å². The Labute approximate surface area is 118 Å². The molecular weight excluding hydrogens is 314 g/mol. The molecule has 0 heterocycles. The van der Waals surface area contributed by atoms with Gasteiger partial charge in [0.05, 0.1) is 10.6 Å². The highest BCUT2D eigenvalue weighted by atomic mass is 79.9. The van der Waals surface area contributed by atoms with Crippen LogP contribution in [0.25, 0.3) is 0 Å². The Balaban J connectivity index is 2.43. The smallest absolute Gasteiger partial charge is 0.178 e. The summed E-state index contributed by atoms with van der Waals surface area (Å²) in [6.45, 7) is 5.03. The third-order valence-electron chi connectivity index (χ3n) is 2.57. The van der Waals surface area contributed by atoms with E-state index in [1.54, 1.807) is 24.3 Å². The van der Waals surface area contributed by atoms with Crippen LogP contribution < -0.4 is 5.32 Å². The molecule has 0 spiro atoms. The molecule has 0 aromatic heterocycles. The summed E-state index contributed by atoms with van der Waals surface area (Å²) in [5.41, 5.74) is 0. The molecule has 0 atom stereocenters. The fraction of sp³-hybridized carbons (Fsp3) is 0.538. The standard InChI is InChI=1S/C13H20BrNO2S/c1-11(2)15-9-3-4-10-18(16,17)13-7-5-12(14)6-8-13/h5-8,11,15H,3-4,9-10H2,1-2H3. The van der Waals surface area contributed by atoms with Crippen molar-refractivity contribution in [2.24, 2.45) is 0 Å². The zero-order chi connectivity index (χ0) is 13.6. The third kappa shape index (κ3) is 5.50. The van der Waals surface area contributed by atoms with Crippen molar-refractivity contribution in [2.45, 2.75) is 37.6 Å². The number of hydrogen-bond donors (Lipinski definition) is 1. The average molecular weight is 334 g/mol. The molecule has 0 aliphatic rings. The van der Waals surface area contributed by atoms with Gasteiger partial charge in [0.2, 0.25) is 0 Å². The normalized spacial score (nSPS) is 12.0. The summed E-state index contributed by atoms with van der Waals surface area (Å²) >= 11 is 3.30. The molecule has 0 saturated heterocycles. The molecule has 1 rings (SSSR count). The summed E-state index contributed by atoms with van der Waals surface area (Å²) in [5.74, 6) is 0.217. The SMILES string of the molecule is CC(C)NCCCCS(=O)(=O)c1ccc(Br)cc1. The second-order valence-corrected chi connectivity index (χ2v) is 7.61. The fourth-order valence-electron chi connectivity index (χ4n) is 1.57. The molecule has 0 bridgehead atoms. The van der Waals surface area contributed by atoms with E-state index in [0.717, 1.165) is 17.4 Å². The average Bonchev–Trinajstić information content (AvgIpc) is 2.28. The molecule has 18 heavy (non-hydrogen) atoms. The Morgan fingerprint density at radius 2 is 1.78 bits per heavy atom. The van der Waals surface area contributed by atoms with Gasteiger partial charge in [0.15, 0.2) is 9.84 Å². The first-order chi connectivity index (χ1) is 8.42. The van der Waals surface area contributed by atoms with Crippen LogP contribution in [0.1, 0.15) is 26.7 Å². The highest BCUT2D eigenvalue weighted by Crippen LogP contribution is 2.16. The number of nitrogens with one attached hydrogen (secondary N) is 1. The molecule has 0 radical (unpaired) electrons. The molecule has 3 nitrogen and oxygen atoms in total. The highest BCUT2D eigenvalue weighted by molar-refractivity contribution is 9.10. The lowest BCUT2D eigenvalue weighted by molar-refractivity contribution is 0.560. The zero-order valence-corrected chi connectivity index (χ0v) is 13.2. The first-order valence-electron chi connectivity index (χ1n) is 6.13. The molecule has 1 N–H and O–H groups in total. The molecule has 0 aliphatic heterocycles. The zero-order valence-electron chi connectivity index (χ0n) is 10.8. The minimum atomic E-state index is -3.13. The van der Waals surface area contributed by atoms with Gasteiger partial charge in [-0.25, -0.2) is 8.42 Å². The summed E-state index contributed by atoms with van der Waals surface area (Å²) in [4.78, 5) is 0.405. The lowest BCUT2D eigenvalue weighted by Crippen LogP contribution is -2.24. The van der Waals surface area contributed by atoms with Crippen molar-refractivity contribution in [3.63, 3.8) is 0 Å². The maximum atomic E-state index is 12.0. The number of benzene rings is 1.